The Hall–Kier alpha value is -1.51. The Kier molecular flexibility index (Phi) is 3.68. The summed E-state index contributed by atoms with van der Waals surface area (Å²) in [7, 11) is 0. The second-order valence-electron chi connectivity index (χ2n) is 6.18. The van der Waals surface area contributed by atoms with E-state index >= 15 is 0 Å². The molecule has 0 atom stereocenters. The zero-order chi connectivity index (χ0) is 14.1. The van der Waals surface area contributed by atoms with E-state index in [0.29, 0.717) is 11.8 Å². The van der Waals surface area contributed by atoms with Crippen molar-refractivity contribution in [2.24, 2.45) is 5.92 Å². The van der Waals surface area contributed by atoms with Gasteiger partial charge in [0.2, 0.25) is 5.91 Å². The summed E-state index contributed by atoms with van der Waals surface area (Å²) in [5.74, 6) is 0.735. The van der Waals surface area contributed by atoms with Crippen LogP contribution in [0.25, 0.3) is 0 Å². The van der Waals surface area contributed by atoms with Crippen molar-refractivity contribution in [3.05, 3.63) is 29.3 Å². The van der Waals surface area contributed by atoms with Gasteiger partial charge in [-0.3, -0.25) is 4.79 Å². The maximum Gasteiger partial charge on any atom is 0.225 e. The highest BCUT2D eigenvalue weighted by atomic mass is 16.2. The first-order valence-corrected chi connectivity index (χ1v) is 7.77. The van der Waals surface area contributed by atoms with Gasteiger partial charge in [-0.2, -0.15) is 0 Å². The van der Waals surface area contributed by atoms with E-state index in [2.05, 4.69) is 41.8 Å². The Morgan fingerprint density at radius 3 is 2.15 bits per heavy atom. The molecular formula is C17H24N2O. The molecule has 1 heterocycles. The summed E-state index contributed by atoms with van der Waals surface area (Å²) in [5.41, 5.74) is 4.04. The highest BCUT2D eigenvalue weighted by Gasteiger charge is 2.31. The van der Waals surface area contributed by atoms with Crippen LogP contribution >= 0.6 is 0 Å². The molecule has 0 aromatic heterocycles. The third-order valence-corrected chi connectivity index (χ3v) is 4.80. The number of carbonyl (C=O) groups is 1. The molecule has 0 N–H and O–H groups in total. The minimum absolute atomic E-state index is 0.335. The molecule has 108 valence electrons. The molecule has 1 saturated carbocycles. The first kappa shape index (κ1) is 13.5. The number of nitrogens with zero attached hydrogens (tertiary/aromatic N) is 2. The van der Waals surface area contributed by atoms with Crippen LogP contribution < -0.4 is 4.90 Å². The van der Waals surface area contributed by atoms with E-state index in [1.807, 2.05) is 0 Å². The van der Waals surface area contributed by atoms with Gasteiger partial charge < -0.3 is 9.80 Å². The number of hydrogen-bond donors (Lipinski definition) is 0. The molecule has 0 spiro atoms. The molecule has 3 heteroatoms. The highest BCUT2D eigenvalue weighted by Crippen LogP contribution is 2.30. The number of benzene rings is 1. The first-order valence-electron chi connectivity index (χ1n) is 7.77. The quantitative estimate of drug-likeness (QED) is 0.826. The van der Waals surface area contributed by atoms with Crippen LogP contribution in [0.1, 0.15) is 30.4 Å². The van der Waals surface area contributed by atoms with Crippen LogP contribution in [0.3, 0.4) is 0 Å². The Labute approximate surface area is 121 Å². The van der Waals surface area contributed by atoms with Crippen molar-refractivity contribution in [2.45, 2.75) is 33.1 Å². The van der Waals surface area contributed by atoms with Gasteiger partial charge in [-0.25, -0.2) is 0 Å². The molecule has 1 aliphatic carbocycles. The largest absolute Gasteiger partial charge is 0.368 e. The molecule has 1 aliphatic heterocycles. The van der Waals surface area contributed by atoms with Gasteiger partial charge in [0.25, 0.3) is 0 Å². The monoisotopic (exact) mass is 272 g/mol. The van der Waals surface area contributed by atoms with Crippen LogP contribution in [0.2, 0.25) is 0 Å². The van der Waals surface area contributed by atoms with Crippen LogP contribution in [0.5, 0.6) is 0 Å². The summed E-state index contributed by atoms with van der Waals surface area (Å²) < 4.78 is 0. The molecule has 20 heavy (non-hydrogen) atoms. The number of para-hydroxylation sites is 1. The minimum atomic E-state index is 0.335. The molecule has 3 rings (SSSR count). The SMILES string of the molecule is Cc1cccc(C)c1N1CCN(C(=O)C2CCC2)CC1. The van der Waals surface area contributed by atoms with Gasteiger partial charge in [-0.05, 0) is 37.8 Å². The van der Waals surface area contributed by atoms with Gasteiger partial charge in [-0.1, -0.05) is 24.6 Å². The molecule has 0 radical (unpaired) electrons. The zero-order valence-electron chi connectivity index (χ0n) is 12.6. The Balaban J connectivity index is 1.65. The number of amides is 1. The predicted molar refractivity (Wildman–Crippen MR) is 82.1 cm³/mol. The van der Waals surface area contributed by atoms with Crippen molar-refractivity contribution in [1.82, 2.24) is 4.90 Å². The van der Waals surface area contributed by atoms with Crippen molar-refractivity contribution in [1.29, 1.82) is 0 Å². The van der Waals surface area contributed by atoms with Gasteiger partial charge in [0.1, 0.15) is 0 Å². The minimum Gasteiger partial charge on any atom is -0.368 e. The fraction of sp³-hybridized carbons (Fsp3) is 0.588. The Bertz CT molecular complexity index is 479. The second kappa shape index (κ2) is 5.47. The molecule has 3 nitrogen and oxygen atoms in total. The number of carbonyl (C=O) groups excluding carboxylic acids is 1. The number of anilines is 1. The number of aryl methyl sites for hydroxylation is 2. The summed E-state index contributed by atoms with van der Waals surface area (Å²) >= 11 is 0. The van der Waals surface area contributed by atoms with Crippen molar-refractivity contribution in [3.8, 4) is 0 Å². The summed E-state index contributed by atoms with van der Waals surface area (Å²) in [6.07, 6.45) is 3.45. The van der Waals surface area contributed by atoms with Crippen LogP contribution in [0.15, 0.2) is 18.2 Å². The Morgan fingerprint density at radius 2 is 1.65 bits per heavy atom. The topological polar surface area (TPSA) is 23.6 Å². The molecule has 1 amide bonds. The number of hydrogen-bond acceptors (Lipinski definition) is 2. The third kappa shape index (κ3) is 2.41. The molecule has 1 aromatic carbocycles. The predicted octanol–water partition coefficient (Wildman–Crippen LogP) is 2.75. The second-order valence-corrected chi connectivity index (χ2v) is 6.18. The average Bonchev–Trinajstić information content (AvgIpc) is 2.37. The molecule has 2 aliphatic rings. The van der Waals surface area contributed by atoms with Crippen LogP contribution in [-0.4, -0.2) is 37.0 Å². The molecule has 2 fully saturated rings. The molecule has 1 saturated heterocycles. The maximum atomic E-state index is 12.3. The summed E-state index contributed by atoms with van der Waals surface area (Å²) in [6, 6.07) is 6.47. The van der Waals surface area contributed by atoms with E-state index < -0.39 is 0 Å². The fourth-order valence-corrected chi connectivity index (χ4v) is 3.37. The lowest BCUT2D eigenvalue weighted by Crippen LogP contribution is -2.51. The lowest BCUT2D eigenvalue weighted by atomic mass is 9.84. The summed E-state index contributed by atoms with van der Waals surface area (Å²) in [5, 5.41) is 0. The van der Waals surface area contributed by atoms with Crippen LogP contribution in [0, 0.1) is 19.8 Å². The third-order valence-electron chi connectivity index (χ3n) is 4.80. The van der Waals surface area contributed by atoms with Crippen molar-refractivity contribution in [3.63, 3.8) is 0 Å². The van der Waals surface area contributed by atoms with Gasteiger partial charge >= 0.3 is 0 Å². The van der Waals surface area contributed by atoms with Gasteiger partial charge in [0.15, 0.2) is 0 Å². The summed E-state index contributed by atoms with van der Waals surface area (Å²) in [6.45, 7) is 8.03. The lowest BCUT2D eigenvalue weighted by molar-refractivity contribution is -0.138. The van der Waals surface area contributed by atoms with E-state index in [9.17, 15) is 4.79 Å². The van der Waals surface area contributed by atoms with Crippen molar-refractivity contribution >= 4 is 11.6 Å². The van der Waals surface area contributed by atoms with E-state index in [-0.39, 0.29) is 0 Å². The van der Waals surface area contributed by atoms with E-state index in [1.54, 1.807) is 0 Å². The average molecular weight is 272 g/mol. The normalized spacial score (nSPS) is 19.9. The Morgan fingerprint density at radius 1 is 1.05 bits per heavy atom. The summed E-state index contributed by atoms with van der Waals surface area (Å²) in [4.78, 5) is 16.8. The van der Waals surface area contributed by atoms with Gasteiger partial charge in [-0.15, -0.1) is 0 Å². The standard InChI is InChI=1S/C17H24N2O/c1-13-5-3-6-14(2)16(13)18-9-11-19(12-10-18)17(20)15-7-4-8-15/h3,5-6,15H,4,7-12H2,1-2H3. The van der Waals surface area contributed by atoms with Crippen LogP contribution in [0.4, 0.5) is 5.69 Å². The fourth-order valence-electron chi connectivity index (χ4n) is 3.37. The molecule has 0 unspecified atom stereocenters. The van der Waals surface area contributed by atoms with E-state index in [4.69, 9.17) is 0 Å². The van der Waals surface area contributed by atoms with Gasteiger partial charge in [0.05, 0.1) is 0 Å². The van der Waals surface area contributed by atoms with Crippen molar-refractivity contribution < 1.29 is 4.79 Å². The van der Waals surface area contributed by atoms with E-state index in [0.717, 1.165) is 39.0 Å². The number of rotatable bonds is 2. The first-order chi connectivity index (χ1) is 9.66. The van der Waals surface area contributed by atoms with Gasteiger partial charge in [0, 0.05) is 37.8 Å². The lowest BCUT2D eigenvalue weighted by Gasteiger charge is -2.40. The van der Waals surface area contributed by atoms with E-state index in [1.165, 1.54) is 23.2 Å². The zero-order valence-corrected chi connectivity index (χ0v) is 12.6. The highest BCUT2D eigenvalue weighted by molar-refractivity contribution is 5.80. The number of piperazine rings is 1. The maximum absolute atomic E-state index is 12.3. The molecule has 0 bridgehead atoms. The smallest absolute Gasteiger partial charge is 0.225 e. The van der Waals surface area contributed by atoms with Crippen molar-refractivity contribution in [2.75, 3.05) is 31.1 Å². The molecular weight excluding hydrogens is 248 g/mol. The van der Waals surface area contributed by atoms with Crippen LogP contribution in [-0.2, 0) is 4.79 Å². The molecule has 1 aromatic rings.